The number of hydrogen-bond donors (Lipinski definition) is 2. The second-order valence-electron chi connectivity index (χ2n) is 6.71. The summed E-state index contributed by atoms with van der Waals surface area (Å²) in [5.41, 5.74) is 3.60. The summed E-state index contributed by atoms with van der Waals surface area (Å²) in [4.78, 5) is 13.9. The van der Waals surface area contributed by atoms with E-state index >= 15 is 0 Å². The third kappa shape index (κ3) is 4.04. The first-order valence-electron chi connectivity index (χ1n) is 8.95. The highest BCUT2D eigenvalue weighted by Crippen LogP contribution is 2.31. The van der Waals surface area contributed by atoms with E-state index in [1.807, 2.05) is 19.1 Å². The molecule has 0 saturated carbocycles. The molecule has 0 aliphatic carbocycles. The second kappa shape index (κ2) is 8.11. The van der Waals surface area contributed by atoms with Crippen molar-refractivity contribution in [1.82, 2.24) is 0 Å². The van der Waals surface area contributed by atoms with Crippen LogP contribution < -0.4 is 19.7 Å². The number of methoxy groups -OCH3 is 2. The molecule has 1 aliphatic heterocycles. The number of ether oxygens (including phenoxy) is 2. The number of quaternary nitrogens is 1. The van der Waals surface area contributed by atoms with Gasteiger partial charge in [-0.05, 0) is 42.8 Å². The molecule has 0 spiro atoms. The lowest BCUT2D eigenvalue weighted by atomic mass is 9.97. The van der Waals surface area contributed by atoms with E-state index < -0.39 is 0 Å². The lowest BCUT2D eigenvalue weighted by Gasteiger charge is -2.30. The fourth-order valence-electron chi connectivity index (χ4n) is 3.46. The van der Waals surface area contributed by atoms with Crippen LogP contribution in [0, 0.1) is 11.3 Å². The van der Waals surface area contributed by atoms with Crippen molar-refractivity contribution >= 4 is 11.6 Å². The van der Waals surface area contributed by atoms with Crippen molar-refractivity contribution < 1.29 is 19.2 Å². The molecule has 0 bridgehead atoms. The molecule has 6 nitrogen and oxygen atoms in total. The first kappa shape index (κ1) is 18.7. The number of carbonyl (C=O) groups is 1. The number of hydrogen-bond acceptors (Lipinski definition) is 4. The standard InChI is InChI=1S/C21H23N3O3/c1-14(21(25)23-18-6-4-5-15(9-18)12-22)24-8-7-16-10-19(26-2)20(27-3)11-17(16)13-24/h4-6,9-11,14H,7-8,13H2,1-3H3,(H,23,25)/p+1/t14-/m1/s1. The Kier molecular flexibility index (Phi) is 5.63. The Bertz CT molecular complexity index is 889. The van der Waals surface area contributed by atoms with E-state index in [1.165, 1.54) is 16.0 Å². The van der Waals surface area contributed by atoms with E-state index in [-0.39, 0.29) is 11.9 Å². The maximum atomic E-state index is 12.7. The lowest BCUT2D eigenvalue weighted by Crippen LogP contribution is -3.16. The molecule has 3 rings (SSSR count). The Morgan fingerprint density at radius 1 is 1.19 bits per heavy atom. The minimum atomic E-state index is -0.211. The van der Waals surface area contributed by atoms with Crippen molar-refractivity contribution in [1.29, 1.82) is 5.26 Å². The second-order valence-corrected chi connectivity index (χ2v) is 6.71. The molecule has 0 radical (unpaired) electrons. The molecular formula is C21H24N3O3+. The van der Waals surface area contributed by atoms with E-state index in [1.54, 1.807) is 38.5 Å². The predicted octanol–water partition coefficient (Wildman–Crippen LogP) is 1.54. The Morgan fingerprint density at radius 3 is 2.56 bits per heavy atom. The Labute approximate surface area is 159 Å². The molecule has 2 aromatic carbocycles. The summed E-state index contributed by atoms with van der Waals surface area (Å²) in [7, 11) is 3.27. The van der Waals surface area contributed by atoms with Crippen LogP contribution in [-0.4, -0.2) is 32.7 Å². The van der Waals surface area contributed by atoms with E-state index in [4.69, 9.17) is 14.7 Å². The highest BCUT2D eigenvalue weighted by Gasteiger charge is 2.30. The maximum absolute atomic E-state index is 12.7. The van der Waals surface area contributed by atoms with E-state index in [0.717, 1.165) is 25.3 Å². The fourth-order valence-corrected chi connectivity index (χ4v) is 3.46. The fraction of sp³-hybridized carbons (Fsp3) is 0.333. The molecule has 2 N–H and O–H groups in total. The minimum absolute atomic E-state index is 0.0518. The molecule has 0 aromatic heterocycles. The molecule has 2 aromatic rings. The normalized spacial score (nSPS) is 16.6. The highest BCUT2D eigenvalue weighted by atomic mass is 16.5. The van der Waals surface area contributed by atoms with Gasteiger partial charge < -0.3 is 19.7 Å². The average molecular weight is 366 g/mol. The molecule has 0 saturated heterocycles. The van der Waals surface area contributed by atoms with Crippen LogP contribution in [0.25, 0.3) is 0 Å². The number of carbonyl (C=O) groups excluding carboxylic acids is 1. The zero-order valence-electron chi connectivity index (χ0n) is 15.8. The predicted molar refractivity (Wildman–Crippen MR) is 102 cm³/mol. The maximum Gasteiger partial charge on any atom is 0.282 e. The van der Waals surface area contributed by atoms with Gasteiger partial charge in [0, 0.05) is 17.7 Å². The van der Waals surface area contributed by atoms with Gasteiger partial charge in [-0.15, -0.1) is 0 Å². The number of nitrogens with one attached hydrogen (secondary N) is 2. The molecular weight excluding hydrogens is 342 g/mol. The quantitative estimate of drug-likeness (QED) is 0.842. The summed E-state index contributed by atoms with van der Waals surface area (Å²) in [6, 6.07) is 12.9. The Balaban J connectivity index is 1.72. The molecule has 0 fully saturated rings. The first-order chi connectivity index (χ1) is 13.0. The zero-order valence-corrected chi connectivity index (χ0v) is 15.8. The third-order valence-electron chi connectivity index (χ3n) is 5.10. The van der Waals surface area contributed by atoms with Crippen molar-refractivity contribution in [3.63, 3.8) is 0 Å². The molecule has 1 unspecified atom stereocenters. The van der Waals surface area contributed by atoms with Gasteiger partial charge in [-0.2, -0.15) is 5.26 Å². The molecule has 27 heavy (non-hydrogen) atoms. The number of fused-ring (bicyclic) bond motifs is 1. The highest BCUT2D eigenvalue weighted by molar-refractivity contribution is 5.93. The van der Waals surface area contributed by atoms with Crippen LogP contribution in [0.1, 0.15) is 23.6 Å². The van der Waals surface area contributed by atoms with Crippen molar-refractivity contribution in [2.45, 2.75) is 25.9 Å². The summed E-state index contributed by atoms with van der Waals surface area (Å²) in [5, 5.41) is 11.9. The summed E-state index contributed by atoms with van der Waals surface area (Å²) < 4.78 is 10.8. The van der Waals surface area contributed by atoms with Crippen molar-refractivity contribution in [3.05, 3.63) is 53.1 Å². The van der Waals surface area contributed by atoms with Gasteiger partial charge in [0.2, 0.25) is 0 Å². The average Bonchev–Trinajstić information content (AvgIpc) is 2.71. The summed E-state index contributed by atoms with van der Waals surface area (Å²) in [6.07, 6.45) is 0.882. The van der Waals surface area contributed by atoms with Crippen LogP contribution in [-0.2, 0) is 17.8 Å². The lowest BCUT2D eigenvalue weighted by molar-refractivity contribution is -0.929. The van der Waals surface area contributed by atoms with Crippen molar-refractivity contribution in [2.75, 3.05) is 26.1 Å². The number of amides is 1. The number of rotatable bonds is 5. The van der Waals surface area contributed by atoms with Crippen molar-refractivity contribution in [3.8, 4) is 17.6 Å². The summed E-state index contributed by atoms with van der Waals surface area (Å²) in [5.74, 6) is 1.40. The monoisotopic (exact) mass is 366 g/mol. The van der Waals surface area contributed by atoms with Gasteiger partial charge >= 0.3 is 0 Å². The van der Waals surface area contributed by atoms with E-state index in [9.17, 15) is 4.79 Å². The molecule has 140 valence electrons. The van der Waals surface area contributed by atoms with Crippen LogP contribution >= 0.6 is 0 Å². The van der Waals surface area contributed by atoms with Gasteiger partial charge in [-0.3, -0.25) is 4.79 Å². The summed E-state index contributed by atoms with van der Waals surface area (Å²) >= 11 is 0. The van der Waals surface area contributed by atoms with Crippen LogP contribution in [0.5, 0.6) is 11.5 Å². The SMILES string of the molecule is COc1cc2c(cc1OC)C[NH+]([C@H](C)C(=O)Nc1cccc(C#N)c1)CC2. The number of benzene rings is 2. The van der Waals surface area contributed by atoms with E-state index in [0.29, 0.717) is 17.0 Å². The van der Waals surface area contributed by atoms with Gasteiger partial charge in [0.15, 0.2) is 17.5 Å². The topological polar surface area (TPSA) is 75.8 Å². The number of nitriles is 1. The minimum Gasteiger partial charge on any atom is -0.493 e. The number of anilines is 1. The molecule has 1 amide bonds. The summed E-state index contributed by atoms with van der Waals surface area (Å²) in [6.45, 7) is 3.56. The van der Waals surface area contributed by atoms with Gasteiger partial charge in [-0.25, -0.2) is 0 Å². The Morgan fingerprint density at radius 2 is 1.89 bits per heavy atom. The van der Waals surface area contributed by atoms with Gasteiger partial charge in [0.25, 0.3) is 5.91 Å². The van der Waals surface area contributed by atoms with Gasteiger partial charge in [0.1, 0.15) is 6.54 Å². The van der Waals surface area contributed by atoms with E-state index in [2.05, 4.69) is 11.4 Å². The van der Waals surface area contributed by atoms with Gasteiger partial charge in [0.05, 0.1) is 32.4 Å². The third-order valence-corrected chi connectivity index (χ3v) is 5.10. The first-order valence-corrected chi connectivity index (χ1v) is 8.95. The van der Waals surface area contributed by atoms with Crippen LogP contribution in [0.3, 0.4) is 0 Å². The largest absolute Gasteiger partial charge is 0.493 e. The zero-order chi connectivity index (χ0) is 19.4. The van der Waals surface area contributed by atoms with Gasteiger partial charge in [-0.1, -0.05) is 6.07 Å². The van der Waals surface area contributed by atoms with Crippen LogP contribution in [0.15, 0.2) is 36.4 Å². The number of nitrogens with zero attached hydrogens (tertiary/aromatic N) is 1. The van der Waals surface area contributed by atoms with Crippen LogP contribution in [0.4, 0.5) is 5.69 Å². The van der Waals surface area contributed by atoms with Crippen LogP contribution in [0.2, 0.25) is 0 Å². The smallest absolute Gasteiger partial charge is 0.282 e. The Hall–Kier alpha value is -3.04. The van der Waals surface area contributed by atoms with Crippen molar-refractivity contribution in [2.24, 2.45) is 0 Å². The molecule has 1 aliphatic rings. The molecule has 6 heteroatoms. The molecule has 1 heterocycles. The molecule has 2 atom stereocenters.